The van der Waals surface area contributed by atoms with Gasteiger partial charge in [-0.25, -0.2) is 5.10 Å². The van der Waals surface area contributed by atoms with E-state index < -0.39 is 0 Å². The molecule has 20 heavy (non-hydrogen) atoms. The van der Waals surface area contributed by atoms with E-state index in [1.54, 1.807) is 18.3 Å². The fourth-order valence-corrected chi connectivity index (χ4v) is 2.24. The van der Waals surface area contributed by atoms with Crippen molar-refractivity contribution in [3.63, 3.8) is 0 Å². The first kappa shape index (κ1) is 11.0. The maximum absolute atomic E-state index is 11.7. The molecule has 0 unspecified atom stereocenters. The van der Waals surface area contributed by atoms with E-state index in [9.17, 15) is 4.79 Å². The summed E-state index contributed by atoms with van der Waals surface area (Å²) in [7, 11) is 0. The van der Waals surface area contributed by atoms with Gasteiger partial charge < -0.3 is 9.47 Å². The quantitative estimate of drug-likeness (QED) is 0.726. The molecule has 0 saturated heterocycles. The zero-order valence-electron chi connectivity index (χ0n) is 10.3. The van der Waals surface area contributed by atoms with Crippen molar-refractivity contribution in [3.8, 4) is 22.8 Å². The van der Waals surface area contributed by atoms with E-state index in [4.69, 9.17) is 9.47 Å². The monoisotopic (exact) mass is 267 g/mol. The zero-order chi connectivity index (χ0) is 13.5. The van der Waals surface area contributed by atoms with Gasteiger partial charge >= 0.3 is 0 Å². The predicted molar refractivity (Wildman–Crippen MR) is 71.7 cm³/mol. The Hall–Kier alpha value is -2.89. The van der Waals surface area contributed by atoms with E-state index in [1.807, 2.05) is 18.2 Å². The van der Waals surface area contributed by atoms with Crippen molar-refractivity contribution in [2.45, 2.75) is 0 Å². The minimum atomic E-state index is -0.252. The highest BCUT2D eigenvalue weighted by Crippen LogP contribution is 2.36. The lowest BCUT2D eigenvalue weighted by Crippen LogP contribution is -2.10. The van der Waals surface area contributed by atoms with Crippen molar-refractivity contribution in [3.05, 3.63) is 46.9 Å². The predicted octanol–water partition coefficient (Wildman–Crippen LogP) is 1.71. The lowest BCUT2D eigenvalue weighted by molar-refractivity contribution is 0.174. The number of H-pyrrole nitrogens is 1. The molecule has 0 saturated carbocycles. The molecule has 3 aromatic rings. The molecule has 1 aromatic carbocycles. The zero-order valence-corrected chi connectivity index (χ0v) is 10.3. The number of pyridine rings is 1. The number of benzene rings is 1. The van der Waals surface area contributed by atoms with Crippen LogP contribution in [0.25, 0.3) is 22.2 Å². The molecule has 0 amide bonds. The molecular weight excluding hydrogens is 258 g/mol. The van der Waals surface area contributed by atoms with Gasteiger partial charge in [0.05, 0.1) is 5.39 Å². The molecular formula is C14H9N3O3. The summed E-state index contributed by atoms with van der Waals surface area (Å²) >= 11 is 0. The highest BCUT2D eigenvalue weighted by molar-refractivity contribution is 5.90. The second kappa shape index (κ2) is 4.06. The van der Waals surface area contributed by atoms with Crippen LogP contribution in [0.2, 0.25) is 0 Å². The van der Waals surface area contributed by atoms with Crippen LogP contribution in [-0.2, 0) is 0 Å². The van der Waals surface area contributed by atoms with Gasteiger partial charge in [-0.1, -0.05) is 0 Å². The summed E-state index contributed by atoms with van der Waals surface area (Å²) in [6.45, 7) is 0.219. The molecule has 0 aliphatic carbocycles. The fraction of sp³-hybridized carbons (Fsp3) is 0.0714. The van der Waals surface area contributed by atoms with Crippen molar-refractivity contribution >= 4 is 10.9 Å². The normalized spacial score (nSPS) is 12.8. The number of aromatic nitrogens is 3. The molecule has 1 aliphatic rings. The topological polar surface area (TPSA) is 77.1 Å². The highest BCUT2D eigenvalue weighted by atomic mass is 16.7. The van der Waals surface area contributed by atoms with Crippen molar-refractivity contribution in [2.75, 3.05) is 6.79 Å². The van der Waals surface area contributed by atoms with Crippen molar-refractivity contribution in [2.24, 2.45) is 0 Å². The number of aromatic amines is 1. The van der Waals surface area contributed by atoms with E-state index in [1.165, 1.54) is 0 Å². The Labute approximate surface area is 113 Å². The van der Waals surface area contributed by atoms with Gasteiger partial charge in [0.25, 0.3) is 5.56 Å². The first-order valence-electron chi connectivity index (χ1n) is 6.06. The number of hydrogen-bond donors (Lipinski definition) is 1. The third-order valence-electron chi connectivity index (χ3n) is 3.19. The maximum Gasteiger partial charge on any atom is 0.273 e. The lowest BCUT2D eigenvalue weighted by atomic mass is 10.1. The summed E-state index contributed by atoms with van der Waals surface area (Å²) in [5, 5.41) is 7.11. The van der Waals surface area contributed by atoms with Crippen LogP contribution in [0.4, 0.5) is 0 Å². The Morgan fingerprint density at radius 3 is 3.00 bits per heavy atom. The number of nitrogens with one attached hydrogen (secondary N) is 1. The average Bonchev–Trinajstić information content (AvgIpc) is 2.95. The summed E-state index contributed by atoms with van der Waals surface area (Å²) in [6.07, 6.45) is 1.64. The maximum atomic E-state index is 11.7. The van der Waals surface area contributed by atoms with Gasteiger partial charge in [-0.15, -0.1) is 0 Å². The van der Waals surface area contributed by atoms with E-state index in [2.05, 4.69) is 15.2 Å². The van der Waals surface area contributed by atoms with Crippen LogP contribution in [0.1, 0.15) is 0 Å². The van der Waals surface area contributed by atoms with Gasteiger partial charge in [0.15, 0.2) is 11.5 Å². The lowest BCUT2D eigenvalue weighted by Gasteiger charge is -2.05. The Morgan fingerprint density at radius 1 is 1.15 bits per heavy atom. The highest BCUT2D eigenvalue weighted by Gasteiger charge is 2.16. The van der Waals surface area contributed by atoms with Crippen LogP contribution in [0.3, 0.4) is 0 Å². The minimum absolute atomic E-state index is 0.219. The average molecular weight is 267 g/mol. The third-order valence-corrected chi connectivity index (χ3v) is 3.19. The Bertz CT molecular complexity index is 873. The van der Waals surface area contributed by atoms with Gasteiger partial charge in [0, 0.05) is 11.8 Å². The second-order valence-electron chi connectivity index (χ2n) is 4.37. The third kappa shape index (κ3) is 1.55. The number of hydrogen-bond acceptors (Lipinski definition) is 5. The Balaban J connectivity index is 1.99. The number of fused-ring (bicyclic) bond motifs is 2. The van der Waals surface area contributed by atoms with Gasteiger partial charge in [-0.2, -0.15) is 5.10 Å². The van der Waals surface area contributed by atoms with Crippen LogP contribution in [0.15, 0.2) is 41.3 Å². The molecule has 0 spiro atoms. The fourth-order valence-electron chi connectivity index (χ4n) is 2.24. The number of nitrogens with zero attached hydrogens (tertiary/aromatic N) is 2. The molecule has 3 heterocycles. The first-order valence-corrected chi connectivity index (χ1v) is 6.06. The van der Waals surface area contributed by atoms with Crippen LogP contribution < -0.4 is 15.0 Å². The first-order chi connectivity index (χ1) is 9.83. The van der Waals surface area contributed by atoms with Gasteiger partial charge in [0.1, 0.15) is 11.2 Å². The molecule has 2 aromatic heterocycles. The van der Waals surface area contributed by atoms with Crippen LogP contribution >= 0.6 is 0 Å². The molecule has 1 N–H and O–H groups in total. The van der Waals surface area contributed by atoms with Crippen molar-refractivity contribution in [1.29, 1.82) is 0 Å². The SMILES string of the molecule is O=c1[nH]nc(-c2ccc3c(c2)OCO3)c2ncccc12. The minimum Gasteiger partial charge on any atom is -0.454 e. The molecule has 6 nitrogen and oxygen atoms in total. The van der Waals surface area contributed by atoms with Crippen LogP contribution in [-0.4, -0.2) is 22.0 Å². The van der Waals surface area contributed by atoms with Gasteiger partial charge in [0.2, 0.25) is 6.79 Å². The molecule has 98 valence electrons. The Morgan fingerprint density at radius 2 is 2.05 bits per heavy atom. The second-order valence-corrected chi connectivity index (χ2v) is 4.37. The number of ether oxygens (including phenoxy) is 2. The summed E-state index contributed by atoms with van der Waals surface area (Å²) in [5.41, 5.74) is 1.74. The van der Waals surface area contributed by atoms with E-state index >= 15 is 0 Å². The summed E-state index contributed by atoms with van der Waals surface area (Å²) in [5.74, 6) is 1.37. The molecule has 4 rings (SSSR count). The van der Waals surface area contributed by atoms with Crippen molar-refractivity contribution < 1.29 is 9.47 Å². The number of rotatable bonds is 1. The summed E-state index contributed by atoms with van der Waals surface area (Å²) in [6, 6.07) is 8.96. The molecule has 0 bridgehead atoms. The smallest absolute Gasteiger partial charge is 0.273 e. The van der Waals surface area contributed by atoms with Gasteiger partial charge in [-0.05, 0) is 30.3 Å². The van der Waals surface area contributed by atoms with E-state index in [0.29, 0.717) is 28.1 Å². The molecule has 0 fully saturated rings. The largest absolute Gasteiger partial charge is 0.454 e. The van der Waals surface area contributed by atoms with Crippen LogP contribution in [0, 0.1) is 0 Å². The molecule has 0 atom stereocenters. The molecule has 1 aliphatic heterocycles. The van der Waals surface area contributed by atoms with E-state index in [-0.39, 0.29) is 12.4 Å². The summed E-state index contributed by atoms with van der Waals surface area (Å²) < 4.78 is 10.6. The van der Waals surface area contributed by atoms with Crippen molar-refractivity contribution in [1.82, 2.24) is 15.2 Å². The molecule has 0 radical (unpaired) electrons. The van der Waals surface area contributed by atoms with Crippen LogP contribution in [0.5, 0.6) is 11.5 Å². The standard InChI is InChI=1S/C14H9N3O3/c18-14-9-2-1-5-15-13(9)12(16-17-14)8-3-4-10-11(6-8)20-7-19-10/h1-6H,7H2,(H,17,18). The summed E-state index contributed by atoms with van der Waals surface area (Å²) in [4.78, 5) is 16.0. The van der Waals surface area contributed by atoms with Gasteiger partial charge in [-0.3, -0.25) is 9.78 Å². The molecule has 6 heteroatoms. The Kier molecular flexibility index (Phi) is 2.23. The van der Waals surface area contributed by atoms with E-state index in [0.717, 1.165) is 5.56 Å².